The summed E-state index contributed by atoms with van der Waals surface area (Å²) in [6.45, 7) is 2.21. The Morgan fingerprint density at radius 1 is 1.00 bits per heavy atom. The van der Waals surface area contributed by atoms with Gasteiger partial charge in [-0.25, -0.2) is 0 Å². The molecule has 5 heteroatoms. The van der Waals surface area contributed by atoms with Gasteiger partial charge < -0.3 is 15.5 Å². The maximum absolute atomic E-state index is 12.9. The van der Waals surface area contributed by atoms with Gasteiger partial charge in [0.2, 0.25) is 5.91 Å². The molecule has 162 valence electrons. The molecule has 0 saturated heterocycles. The van der Waals surface area contributed by atoms with Crippen molar-refractivity contribution in [1.29, 1.82) is 0 Å². The molecule has 0 heterocycles. The van der Waals surface area contributed by atoms with Crippen molar-refractivity contribution in [2.24, 2.45) is 0 Å². The molecular weight excluding hydrogens is 362 g/mol. The molecule has 0 unspecified atom stereocenters. The van der Waals surface area contributed by atoms with E-state index in [0.29, 0.717) is 17.7 Å². The van der Waals surface area contributed by atoms with Gasteiger partial charge in [-0.15, -0.1) is 0 Å². The van der Waals surface area contributed by atoms with Crippen LogP contribution in [0.15, 0.2) is 18.2 Å². The van der Waals surface area contributed by atoms with E-state index in [1.54, 1.807) is 0 Å². The number of amides is 2. The van der Waals surface area contributed by atoms with Crippen LogP contribution in [0.1, 0.15) is 94.3 Å². The maximum Gasteiger partial charge on any atom is 0.253 e. The first kappa shape index (κ1) is 23.2. The molecule has 1 aliphatic rings. The van der Waals surface area contributed by atoms with Crippen LogP contribution >= 0.6 is 0 Å². The lowest BCUT2D eigenvalue weighted by Crippen LogP contribution is -2.36. The van der Waals surface area contributed by atoms with Crippen LogP contribution in [-0.2, 0) is 4.79 Å². The average molecular weight is 402 g/mol. The van der Waals surface area contributed by atoms with Crippen LogP contribution in [0.4, 0.5) is 11.4 Å². The van der Waals surface area contributed by atoms with Gasteiger partial charge in [0.1, 0.15) is 0 Å². The molecule has 0 aromatic heterocycles. The van der Waals surface area contributed by atoms with Gasteiger partial charge >= 0.3 is 0 Å². The highest BCUT2D eigenvalue weighted by Crippen LogP contribution is 2.25. The van der Waals surface area contributed by atoms with Crippen molar-refractivity contribution in [3.8, 4) is 0 Å². The second-order valence-electron chi connectivity index (χ2n) is 8.50. The van der Waals surface area contributed by atoms with Gasteiger partial charge in [-0.05, 0) is 37.5 Å². The molecule has 2 amide bonds. The Morgan fingerprint density at radius 2 is 1.69 bits per heavy atom. The van der Waals surface area contributed by atoms with Crippen molar-refractivity contribution in [3.63, 3.8) is 0 Å². The lowest BCUT2D eigenvalue weighted by atomic mass is 9.95. The van der Waals surface area contributed by atoms with Gasteiger partial charge in [-0.3, -0.25) is 9.59 Å². The third-order valence-corrected chi connectivity index (χ3v) is 5.70. The second kappa shape index (κ2) is 12.5. The molecule has 5 nitrogen and oxygen atoms in total. The lowest BCUT2D eigenvalue weighted by molar-refractivity contribution is -0.116. The monoisotopic (exact) mass is 401 g/mol. The van der Waals surface area contributed by atoms with E-state index in [4.69, 9.17) is 0 Å². The minimum atomic E-state index is -0.0485. The summed E-state index contributed by atoms with van der Waals surface area (Å²) in [5.41, 5.74) is 2.19. The van der Waals surface area contributed by atoms with Crippen LogP contribution in [-0.4, -0.2) is 32.0 Å². The van der Waals surface area contributed by atoms with Crippen LogP contribution in [0.25, 0.3) is 0 Å². The van der Waals surface area contributed by atoms with Crippen molar-refractivity contribution in [3.05, 3.63) is 23.8 Å². The molecule has 0 bridgehead atoms. The van der Waals surface area contributed by atoms with E-state index in [1.165, 1.54) is 44.9 Å². The molecule has 1 aliphatic carbocycles. The zero-order valence-corrected chi connectivity index (χ0v) is 18.6. The first-order chi connectivity index (χ1) is 14.0. The molecule has 29 heavy (non-hydrogen) atoms. The van der Waals surface area contributed by atoms with Gasteiger partial charge in [0.15, 0.2) is 0 Å². The van der Waals surface area contributed by atoms with E-state index in [0.717, 1.165) is 31.4 Å². The highest BCUT2D eigenvalue weighted by Gasteiger charge is 2.20. The van der Waals surface area contributed by atoms with Crippen molar-refractivity contribution in [1.82, 2.24) is 5.32 Å². The molecule has 2 N–H and O–H groups in total. The van der Waals surface area contributed by atoms with E-state index in [1.807, 2.05) is 37.2 Å². The largest absolute Gasteiger partial charge is 0.377 e. The van der Waals surface area contributed by atoms with Crippen LogP contribution in [0, 0.1) is 0 Å². The van der Waals surface area contributed by atoms with Crippen LogP contribution in [0.3, 0.4) is 0 Å². The second-order valence-corrected chi connectivity index (χ2v) is 8.50. The van der Waals surface area contributed by atoms with Crippen LogP contribution in [0.5, 0.6) is 0 Å². The van der Waals surface area contributed by atoms with Crippen molar-refractivity contribution in [2.45, 2.75) is 90.0 Å². The molecular formula is C24H39N3O2. The minimum absolute atomic E-state index is 0.0248. The number of nitrogens with one attached hydrogen (secondary N) is 2. The summed E-state index contributed by atoms with van der Waals surface area (Å²) in [6.07, 6.45) is 13.2. The standard InChI is InChI=1S/C24H39N3O2/c1-4-5-6-7-8-12-15-23(28)25-20-16-17-22(27(2)3)21(18-20)24(29)26-19-13-10-9-11-14-19/h16-19H,4-15H2,1-3H3,(H,25,28)(H,26,29). The van der Waals surface area contributed by atoms with E-state index in [9.17, 15) is 9.59 Å². The quantitative estimate of drug-likeness (QED) is 0.481. The molecule has 1 saturated carbocycles. The van der Waals surface area contributed by atoms with Crippen molar-refractivity contribution >= 4 is 23.2 Å². The van der Waals surface area contributed by atoms with Crippen molar-refractivity contribution < 1.29 is 9.59 Å². The fourth-order valence-electron chi connectivity index (χ4n) is 3.99. The Labute approximate surface area is 176 Å². The van der Waals surface area contributed by atoms with Gasteiger partial charge in [0.25, 0.3) is 5.91 Å². The third kappa shape index (κ3) is 8.08. The lowest BCUT2D eigenvalue weighted by Gasteiger charge is -2.24. The van der Waals surface area contributed by atoms with E-state index in [-0.39, 0.29) is 17.9 Å². The summed E-state index contributed by atoms with van der Waals surface area (Å²) in [5, 5.41) is 6.16. The molecule has 1 aromatic rings. The van der Waals surface area contributed by atoms with Crippen LogP contribution < -0.4 is 15.5 Å². The summed E-state index contributed by atoms with van der Waals surface area (Å²) >= 11 is 0. The summed E-state index contributed by atoms with van der Waals surface area (Å²) < 4.78 is 0. The topological polar surface area (TPSA) is 61.4 Å². The zero-order valence-electron chi connectivity index (χ0n) is 18.6. The molecule has 0 atom stereocenters. The Balaban J connectivity index is 1.94. The minimum Gasteiger partial charge on any atom is -0.377 e. The number of nitrogens with zero attached hydrogens (tertiary/aromatic N) is 1. The van der Waals surface area contributed by atoms with Gasteiger partial charge in [0, 0.05) is 37.9 Å². The number of benzene rings is 1. The van der Waals surface area contributed by atoms with E-state index in [2.05, 4.69) is 17.6 Å². The number of hydrogen-bond acceptors (Lipinski definition) is 3. The molecule has 0 spiro atoms. The maximum atomic E-state index is 12.9. The Bertz CT molecular complexity index is 652. The predicted molar refractivity (Wildman–Crippen MR) is 122 cm³/mol. The summed E-state index contributed by atoms with van der Waals surface area (Å²) in [7, 11) is 3.87. The molecule has 1 fully saturated rings. The number of carbonyl (C=O) groups is 2. The number of unbranched alkanes of at least 4 members (excludes halogenated alkanes) is 5. The van der Waals surface area contributed by atoms with Gasteiger partial charge in [-0.2, -0.15) is 0 Å². The number of rotatable bonds is 11. The predicted octanol–water partition coefficient (Wildman–Crippen LogP) is 5.50. The SMILES string of the molecule is CCCCCCCCC(=O)Nc1ccc(N(C)C)c(C(=O)NC2CCCCC2)c1. The Hall–Kier alpha value is -2.04. The fraction of sp³-hybridized carbons (Fsp3) is 0.667. The number of hydrogen-bond donors (Lipinski definition) is 2. The molecule has 2 rings (SSSR count). The van der Waals surface area contributed by atoms with Crippen LogP contribution in [0.2, 0.25) is 0 Å². The molecule has 0 aliphatic heterocycles. The van der Waals surface area contributed by atoms with E-state index >= 15 is 0 Å². The summed E-state index contributed by atoms with van der Waals surface area (Å²) in [5.74, 6) is -0.0237. The Kier molecular flexibility index (Phi) is 10.0. The molecule has 0 radical (unpaired) electrons. The van der Waals surface area contributed by atoms with Crippen molar-refractivity contribution in [2.75, 3.05) is 24.3 Å². The summed E-state index contributed by atoms with van der Waals surface area (Å²) in [4.78, 5) is 27.2. The number of anilines is 2. The zero-order chi connectivity index (χ0) is 21.1. The third-order valence-electron chi connectivity index (χ3n) is 5.70. The summed E-state index contributed by atoms with van der Waals surface area (Å²) in [6, 6.07) is 5.87. The highest BCUT2D eigenvalue weighted by atomic mass is 16.2. The Morgan fingerprint density at radius 3 is 2.38 bits per heavy atom. The molecule has 1 aromatic carbocycles. The average Bonchev–Trinajstić information content (AvgIpc) is 2.71. The smallest absolute Gasteiger partial charge is 0.253 e. The van der Waals surface area contributed by atoms with Gasteiger partial charge in [-0.1, -0.05) is 58.3 Å². The van der Waals surface area contributed by atoms with Gasteiger partial charge in [0.05, 0.1) is 5.56 Å². The first-order valence-corrected chi connectivity index (χ1v) is 11.4. The highest BCUT2D eigenvalue weighted by molar-refractivity contribution is 6.02. The van der Waals surface area contributed by atoms with E-state index < -0.39 is 0 Å². The fourth-order valence-corrected chi connectivity index (χ4v) is 3.99. The normalized spacial score (nSPS) is 14.4. The first-order valence-electron chi connectivity index (χ1n) is 11.4. The number of carbonyl (C=O) groups excluding carboxylic acids is 2.